The Bertz CT molecular complexity index is 510. The van der Waals surface area contributed by atoms with Gasteiger partial charge in [0.15, 0.2) is 0 Å². The molecule has 0 aliphatic heterocycles. The monoisotopic (exact) mass is 214 g/mol. The van der Waals surface area contributed by atoms with Crippen LogP contribution in [0.5, 0.6) is 0 Å². The van der Waals surface area contributed by atoms with Crippen molar-refractivity contribution in [3.05, 3.63) is 41.6 Å². The summed E-state index contributed by atoms with van der Waals surface area (Å²) in [6.45, 7) is 2.23. The second-order valence-corrected chi connectivity index (χ2v) is 3.26. The summed E-state index contributed by atoms with van der Waals surface area (Å²) in [5.74, 6) is 1.10. The molecule has 1 aromatic carbocycles. The number of nitrogens with zero attached hydrogens (tertiary/aromatic N) is 3. The van der Waals surface area contributed by atoms with Crippen LogP contribution in [0.3, 0.4) is 0 Å². The second kappa shape index (κ2) is 4.45. The van der Waals surface area contributed by atoms with Gasteiger partial charge in [0, 0.05) is 12.6 Å². The van der Waals surface area contributed by atoms with E-state index in [1.165, 1.54) is 0 Å². The minimum Gasteiger partial charge on any atom is -0.424 e. The zero-order chi connectivity index (χ0) is 11.4. The third-order valence-corrected chi connectivity index (χ3v) is 2.03. The van der Waals surface area contributed by atoms with Gasteiger partial charge in [0.1, 0.15) is 0 Å². The highest BCUT2D eigenvalue weighted by molar-refractivity contribution is 5.46. The van der Waals surface area contributed by atoms with Crippen LogP contribution in [0.4, 0.5) is 5.69 Å². The summed E-state index contributed by atoms with van der Waals surface area (Å²) >= 11 is 0. The molecular formula is C11H10N4O. The predicted octanol–water partition coefficient (Wildman–Crippen LogP) is 1.86. The number of aromatic nitrogens is 2. The molecule has 0 unspecified atom stereocenters. The Morgan fingerprint density at radius 2 is 2.06 bits per heavy atom. The maximum Gasteiger partial charge on any atom is 0.235 e. The van der Waals surface area contributed by atoms with Gasteiger partial charge >= 0.3 is 0 Å². The van der Waals surface area contributed by atoms with Crippen molar-refractivity contribution in [1.82, 2.24) is 10.2 Å². The lowest BCUT2D eigenvalue weighted by Crippen LogP contribution is -1.99. The Morgan fingerprint density at radius 1 is 1.31 bits per heavy atom. The van der Waals surface area contributed by atoms with Gasteiger partial charge in [-0.2, -0.15) is 5.26 Å². The van der Waals surface area contributed by atoms with Crippen LogP contribution >= 0.6 is 0 Å². The first-order valence-corrected chi connectivity index (χ1v) is 4.81. The highest BCUT2D eigenvalue weighted by Gasteiger charge is 2.01. The van der Waals surface area contributed by atoms with Crippen molar-refractivity contribution in [3.8, 4) is 6.07 Å². The van der Waals surface area contributed by atoms with Gasteiger partial charge in [0.05, 0.1) is 18.2 Å². The van der Waals surface area contributed by atoms with Crippen LogP contribution < -0.4 is 5.32 Å². The lowest BCUT2D eigenvalue weighted by Gasteiger charge is -2.02. The van der Waals surface area contributed by atoms with Crippen LogP contribution in [0, 0.1) is 18.3 Å². The number of nitriles is 1. The number of hydrogen-bond acceptors (Lipinski definition) is 5. The van der Waals surface area contributed by atoms with Crippen molar-refractivity contribution in [2.75, 3.05) is 5.32 Å². The minimum absolute atomic E-state index is 0.479. The third-order valence-electron chi connectivity index (χ3n) is 2.03. The first-order chi connectivity index (χ1) is 7.78. The van der Waals surface area contributed by atoms with Crippen molar-refractivity contribution in [2.45, 2.75) is 13.5 Å². The summed E-state index contributed by atoms with van der Waals surface area (Å²) < 4.78 is 5.21. The number of anilines is 1. The molecule has 5 nitrogen and oxygen atoms in total. The number of aryl methyl sites for hydroxylation is 1. The van der Waals surface area contributed by atoms with Gasteiger partial charge in [-0.25, -0.2) is 0 Å². The fraction of sp³-hybridized carbons (Fsp3) is 0.182. The van der Waals surface area contributed by atoms with Crippen LogP contribution in [0.1, 0.15) is 17.3 Å². The van der Waals surface area contributed by atoms with E-state index >= 15 is 0 Å². The highest BCUT2D eigenvalue weighted by Crippen LogP contribution is 2.10. The lowest BCUT2D eigenvalue weighted by atomic mass is 10.2. The van der Waals surface area contributed by atoms with Gasteiger partial charge in [-0.05, 0) is 24.3 Å². The molecule has 2 rings (SSSR count). The van der Waals surface area contributed by atoms with Crippen LogP contribution in [0.2, 0.25) is 0 Å². The van der Waals surface area contributed by atoms with Crippen molar-refractivity contribution in [2.24, 2.45) is 0 Å². The largest absolute Gasteiger partial charge is 0.424 e. The molecule has 2 aromatic rings. The summed E-state index contributed by atoms with van der Waals surface area (Å²) in [7, 11) is 0. The highest BCUT2D eigenvalue weighted by atomic mass is 16.4. The average Bonchev–Trinajstić information content (AvgIpc) is 2.73. The van der Waals surface area contributed by atoms with E-state index in [1.807, 2.05) is 12.1 Å². The maximum atomic E-state index is 8.64. The number of rotatable bonds is 3. The number of hydrogen-bond donors (Lipinski definition) is 1. The van der Waals surface area contributed by atoms with E-state index in [-0.39, 0.29) is 0 Å². The second-order valence-electron chi connectivity index (χ2n) is 3.26. The maximum absolute atomic E-state index is 8.64. The third kappa shape index (κ3) is 2.36. The summed E-state index contributed by atoms with van der Waals surface area (Å²) in [4.78, 5) is 0. The van der Waals surface area contributed by atoms with E-state index in [0.717, 1.165) is 5.69 Å². The average molecular weight is 214 g/mol. The van der Waals surface area contributed by atoms with Gasteiger partial charge in [0.25, 0.3) is 0 Å². The van der Waals surface area contributed by atoms with Crippen LogP contribution in [0.15, 0.2) is 28.7 Å². The molecule has 1 heterocycles. The molecule has 0 bridgehead atoms. The Labute approximate surface area is 92.7 Å². The molecule has 0 aliphatic rings. The molecule has 0 radical (unpaired) electrons. The summed E-state index contributed by atoms with van der Waals surface area (Å²) in [5.41, 5.74) is 1.55. The Morgan fingerprint density at radius 3 is 2.62 bits per heavy atom. The number of benzene rings is 1. The number of nitrogens with one attached hydrogen (secondary N) is 1. The van der Waals surface area contributed by atoms with Gasteiger partial charge in [-0.3, -0.25) is 0 Å². The molecule has 0 spiro atoms. The SMILES string of the molecule is Cc1nnc(CNc2ccc(C#N)cc2)o1. The first-order valence-electron chi connectivity index (χ1n) is 4.81. The van der Waals surface area contributed by atoms with Gasteiger partial charge in [-0.1, -0.05) is 0 Å². The first kappa shape index (κ1) is 10.2. The van der Waals surface area contributed by atoms with Crippen LogP contribution in [0.25, 0.3) is 0 Å². The van der Waals surface area contributed by atoms with Gasteiger partial charge in [-0.15, -0.1) is 10.2 Å². The van der Waals surface area contributed by atoms with Crippen molar-refractivity contribution in [3.63, 3.8) is 0 Å². The van der Waals surface area contributed by atoms with E-state index < -0.39 is 0 Å². The van der Waals surface area contributed by atoms with Crippen molar-refractivity contribution in [1.29, 1.82) is 5.26 Å². The fourth-order valence-electron chi connectivity index (χ4n) is 1.25. The van der Waals surface area contributed by atoms with Crippen molar-refractivity contribution >= 4 is 5.69 Å². The molecule has 0 saturated heterocycles. The van der Waals surface area contributed by atoms with E-state index in [9.17, 15) is 0 Å². The molecule has 1 aromatic heterocycles. The normalized spacial score (nSPS) is 9.75. The zero-order valence-electron chi connectivity index (χ0n) is 8.77. The van der Waals surface area contributed by atoms with Gasteiger partial charge < -0.3 is 9.73 Å². The van der Waals surface area contributed by atoms with Crippen LogP contribution in [-0.4, -0.2) is 10.2 Å². The zero-order valence-corrected chi connectivity index (χ0v) is 8.77. The van der Waals surface area contributed by atoms with E-state index in [2.05, 4.69) is 21.6 Å². The molecule has 80 valence electrons. The van der Waals surface area contributed by atoms with E-state index in [4.69, 9.17) is 9.68 Å². The van der Waals surface area contributed by atoms with Crippen molar-refractivity contribution < 1.29 is 4.42 Å². The molecule has 0 fully saturated rings. The quantitative estimate of drug-likeness (QED) is 0.844. The standard InChI is InChI=1S/C11H10N4O/c1-8-14-15-11(16-8)7-13-10-4-2-9(6-12)3-5-10/h2-5,13H,7H2,1H3. The Kier molecular flexibility index (Phi) is 2.83. The van der Waals surface area contributed by atoms with E-state index in [0.29, 0.717) is 23.9 Å². The Hall–Kier alpha value is -2.35. The molecule has 0 aliphatic carbocycles. The molecule has 0 amide bonds. The van der Waals surface area contributed by atoms with E-state index in [1.54, 1.807) is 19.1 Å². The molecule has 5 heteroatoms. The fourth-order valence-corrected chi connectivity index (χ4v) is 1.25. The molecular weight excluding hydrogens is 204 g/mol. The van der Waals surface area contributed by atoms with Crippen LogP contribution in [-0.2, 0) is 6.54 Å². The molecule has 16 heavy (non-hydrogen) atoms. The van der Waals surface area contributed by atoms with Gasteiger partial charge in [0.2, 0.25) is 11.8 Å². The Balaban J connectivity index is 1.97. The molecule has 0 atom stereocenters. The summed E-state index contributed by atoms with van der Waals surface area (Å²) in [5, 5.41) is 19.3. The predicted molar refractivity (Wildman–Crippen MR) is 57.5 cm³/mol. The summed E-state index contributed by atoms with van der Waals surface area (Å²) in [6, 6.07) is 9.24. The minimum atomic E-state index is 0.479. The molecule has 1 N–H and O–H groups in total. The smallest absolute Gasteiger partial charge is 0.235 e. The topological polar surface area (TPSA) is 74.7 Å². The lowest BCUT2D eigenvalue weighted by molar-refractivity contribution is 0.475. The molecule has 0 saturated carbocycles. The summed E-state index contributed by atoms with van der Waals surface area (Å²) in [6.07, 6.45) is 0.